The Balaban J connectivity index is 2.35. The van der Waals surface area contributed by atoms with E-state index in [9.17, 15) is 0 Å². The molecule has 2 heterocycles. The van der Waals surface area contributed by atoms with Gasteiger partial charge in [0.05, 0.1) is 0 Å². The highest BCUT2D eigenvalue weighted by Crippen LogP contribution is 2.16. The molecule has 0 aliphatic heterocycles. The van der Waals surface area contributed by atoms with Crippen LogP contribution in [0.1, 0.15) is 5.76 Å². The molecule has 0 aliphatic carbocycles. The van der Waals surface area contributed by atoms with E-state index < -0.39 is 0 Å². The fourth-order valence-corrected chi connectivity index (χ4v) is 0.853. The molecule has 0 atom stereocenters. The molecule has 0 saturated carbocycles. The second-order valence-electron chi connectivity index (χ2n) is 2.22. The van der Waals surface area contributed by atoms with Gasteiger partial charge in [-0.05, 0) is 0 Å². The highest BCUT2D eigenvalue weighted by Gasteiger charge is 2.07. The Hall–Kier alpha value is -1.62. The minimum absolute atomic E-state index is 0.162. The standard InChI is InChI=1S/C7H6N2O3/c10-4-5-3-7(9-12-5)6-1-2-11-8-6/h1-3,10H,4H2. The largest absolute Gasteiger partial charge is 0.388 e. The Labute approximate surface area is 67.6 Å². The van der Waals surface area contributed by atoms with Crippen molar-refractivity contribution in [3.63, 3.8) is 0 Å². The van der Waals surface area contributed by atoms with Crippen LogP contribution in [0.15, 0.2) is 27.4 Å². The molecule has 0 bridgehead atoms. The molecule has 0 saturated heterocycles. The zero-order chi connectivity index (χ0) is 8.39. The summed E-state index contributed by atoms with van der Waals surface area (Å²) in [5.74, 6) is 0.410. The molecule has 12 heavy (non-hydrogen) atoms. The maximum Gasteiger partial charge on any atom is 0.162 e. The summed E-state index contributed by atoms with van der Waals surface area (Å²) in [5.41, 5.74) is 1.16. The van der Waals surface area contributed by atoms with Crippen molar-refractivity contribution in [2.45, 2.75) is 6.61 Å². The van der Waals surface area contributed by atoms with Gasteiger partial charge in [0.15, 0.2) is 5.76 Å². The Morgan fingerprint density at radius 3 is 2.83 bits per heavy atom. The third-order valence-corrected chi connectivity index (χ3v) is 1.42. The first-order chi connectivity index (χ1) is 5.90. The van der Waals surface area contributed by atoms with Crippen molar-refractivity contribution < 1.29 is 14.2 Å². The Morgan fingerprint density at radius 2 is 2.25 bits per heavy atom. The first-order valence-electron chi connectivity index (χ1n) is 3.37. The van der Waals surface area contributed by atoms with E-state index in [1.807, 2.05) is 0 Å². The summed E-state index contributed by atoms with van der Waals surface area (Å²) in [6.45, 7) is -0.162. The second-order valence-corrected chi connectivity index (χ2v) is 2.22. The maximum absolute atomic E-state index is 8.67. The molecule has 2 aromatic heterocycles. The Morgan fingerprint density at radius 1 is 1.33 bits per heavy atom. The van der Waals surface area contributed by atoms with Crippen molar-refractivity contribution >= 4 is 0 Å². The summed E-state index contributed by atoms with van der Waals surface area (Å²) in [7, 11) is 0. The Bertz CT molecular complexity index is 352. The van der Waals surface area contributed by atoms with Gasteiger partial charge in [-0.25, -0.2) is 0 Å². The minimum Gasteiger partial charge on any atom is -0.388 e. The van der Waals surface area contributed by atoms with Crippen molar-refractivity contribution in [3.05, 3.63) is 24.2 Å². The lowest BCUT2D eigenvalue weighted by atomic mass is 10.3. The van der Waals surface area contributed by atoms with Gasteiger partial charge in [0.2, 0.25) is 0 Å². The van der Waals surface area contributed by atoms with Crippen LogP contribution in [0.5, 0.6) is 0 Å². The lowest BCUT2D eigenvalue weighted by molar-refractivity contribution is 0.229. The van der Waals surface area contributed by atoms with Gasteiger partial charge in [0.1, 0.15) is 24.3 Å². The fourth-order valence-electron chi connectivity index (χ4n) is 0.853. The van der Waals surface area contributed by atoms with Crippen molar-refractivity contribution in [2.75, 3.05) is 0 Å². The van der Waals surface area contributed by atoms with Crippen LogP contribution in [0.4, 0.5) is 0 Å². The van der Waals surface area contributed by atoms with E-state index in [0.29, 0.717) is 17.1 Å². The van der Waals surface area contributed by atoms with Gasteiger partial charge in [-0.15, -0.1) is 0 Å². The van der Waals surface area contributed by atoms with Gasteiger partial charge in [0.25, 0.3) is 0 Å². The summed E-state index contributed by atoms with van der Waals surface area (Å²) in [4.78, 5) is 0. The normalized spacial score (nSPS) is 10.4. The topological polar surface area (TPSA) is 72.3 Å². The molecule has 0 amide bonds. The summed E-state index contributed by atoms with van der Waals surface area (Å²) in [5, 5.41) is 16.0. The summed E-state index contributed by atoms with van der Waals surface area (Å²) >= 11 is 0. The zero-order valence-corrected chi connectivity index (χ0v) is 6.10. The molecule has 5 heteroatoms. The molecular formula is C7H6N2O3. The van der Waals surface area contributed by atoms with Gasteiger partial charge in [-0.1, -0.05) is 10.3 Å². The van der Waals surface area contributed by atoms with Crippen LogP contribution in [0.2, 0.25) is 0 Å². The first-order valence-corrected chi connectivity index (χ1v) is 3.37. The average molecular weight is 166 g/mol. The van der Waals surface area contributed by atoms with Crippen LogP contribution in [0, 0.1) is 0 Å². The third kappa shape index (κ3) is 1.10. The highest BCUT2D eigenvalue weighted by molar-refractivity contribution is 5.51. The van der Waals surface area contributed by atoms with Crippen molar-refractivity contribution in [1.29, 1.82) is 0 Å². The number of rotatable bonds is 2. The van der Waals surface area contributed by atoms with Crippen molar-refractivity contribution in [2.24, 2.45) is 0 Å². The van der Waals surface area contributed by atoms with Gasteiger partial charge in [-0.2, -0.15) is 0 Å². The molecule has 0 aromatic carbocycles. The summed E-state index contributed by atoms with van der Waals surface area (Å²) in [6.07, 6.45) is 1.45. The van der Waals surface area contributed by atoms with Crippen molar-refractivity contribution in [1.82, 2.24) is 10.3 Å². The monoisotopic (exact) mass is 166 g/mol. The van der Waals surface area contributed by atoms with E-state index in [1.165, 1.54) is 6.26 Å². The highest BCUT2D eigenvalue weighted by atomic mass is 16.5. The number of aliphatic hydroxyl groups excluding tert-OH is 1. The third-order valence-electron chi connectivity index (χ3n) is 1.42. The molecule has 5 nitrogen and oxygen atoms in total. The molecule has 1 N–H and O–H groups in total. The van der Waals surface area contributed by atoms with Gasteiger partial charge in [-0.3, -0.25) is 0 Å². The first kappa shape index (κ1) is 7.05. The molecule has 0 fully saturated rings. The van der Waals surface area contributed by atoms with E-state index in [0.717, 1.165) is 0 Å². The van der Waals surface area contributed by atoms with E-state index >= 15 is 0 Å². The molecule has 2 rings (SSSR count). The van der Waals surface area contributed by atoms with Gasteiger partial charge >= 0.3 is 0 Å². The van der Waals surface area contributed by atoms with Crippen LogP contribution < -0.4 is 0 Å². The summed E-state index contributed by atoms with van der Waals surface area (Å²) < 4.78 is 9.37. The van der Waals surface area contributed by atoms with E-state index in [4.69, 9.17) is 9.63 Å². The molecule has 0 aliphatic rings. The number of aliphatic hydroxyl groups is 1. The fraction of sp³-hybridized carbons (Fsp3) is 0.143. The smallest absolute Gasteiger partial charge is 0.162 e. The second kappa shape index (κ2) is 2.78. The van der Waals surface area contributed by atoms with Crippen molar-refractivity contribution in [3.8, 4) is 11.4 Å². The molecule has 0 radical (unpaired) electrons. The zero-order valence-electron chi connectivity index (χ0n) is 6.10. The lowest BCUT2D eigenvalue weighted by Crippen LogP contribution is -1.75. The predicted molar refractivity (Wildman–Crippen MR) is 37.9 cm³/mol. The number of hydrogen-bond donors (Lipinski definition) is 1. The SMILES string of the molecule is OCc1cc(-c2ccon2)no1. The van der Waals surface area contributed by atoms with Gasteiger partial charge < -0.3 is 14.2 Å². The quantitative estimate of drug-likeness (QED) is 0.715. The molecule has 0 unspecified atom stereocenters. The molecule has 0 spiro atoms. The van der Waals surface area contributed by atoms with E-state index in [1.54, 1.807) is 12.1 Å². The number of nitrogens with zero attached hydrogens (tertiary/aromatic N) is 2. The molecule has 2 aromatic rings. The Kier molecular flexibility index (Phi) is 1.64. The minimum atomic E-state index is -0.162. The van der Waals surface area contributed by atoms with Crippen LogP contribution >= 0.6 is 0 Å². The molecule has 62 valence electrons. The van der Waals surface area contributed by atoms with Crippen LogP contribution in [0.3, 0.4) is 0 Å². The summed E-state index contributed by atoms with van der Waals surface area (Å²) in [6, 6.07) is 3.27. The van der Waals surface area contributed by atoms with Crippen LogP contribution in [-0.2, 0) is 6.61 Å². The average Bonchev–Trinajstić information content (AvgIpc) is 2.75. The maximum atomic E-state index is 8.67. The van der Waals surface area contributed by atoms with E-state index in [-0.39, 0.29) is 6.61 Å². The number of hydrogen-bond acceptors (Lipinski definition) is 5. The van der Waals surface area contributed by atoms with Crippen LogP contribution in [0.25, 0.3) is 11.4 Å². The lowest BCUT2D eigenvalue weighted by Gasteiger charge is -1.79. The predicted octanol–water partition coefficient (Wildman–Crippen LogP) is 0.822. The number of aromatic nitrogens is 2. The van der Waals surface area contributed by atoms with E-state index in [2.05, 4.69) is 14.8 Å². The van der Waals surface area contributed by atoms with Gasteiger partial charge in [0, 0.05) is 12.1 Å². The molecular weight excluding hydrogens is 160 g/mol. The van der Waals surface area contributed by atoms with Crippen LogP contribution in [-0.4, -0.2) is 15.4 Å².